The highest BCUT2D eigenvalue weighted by Crippen LogP contribution is 2.18. The molecule has 0 bridgehead atoms. The molecule has 1 aromatic heterocycles. The summed E-state index contributed by atoms with van der Waals surface area (Å²) in [5.41, 5.74) is 3.82. The van der Waals surface area contributed by atoms with Gasteiger partial charge in [-0.1, -0.05) is 17.7 Å². The number of nitrogens with zero attached hydrogens (tertiary/aromatic N) is 3. The molecule has 1 fully saturated rings. The Morgan fingerprint density at radius 3 is 2.72 bits per heavy atom. The predicted molar refractivity (Wildman–Crippen MR) is 101 cm³/mol. The first-order valence-corrected chi connectivity index (χ1v) is 9.11. The number of rotatable bonds is 3. The number of benzene rings is 1. The van der Waals surface area contributed by atoms with E-state index in [2.05, 4.69) is 22.0 Å². The van der Waals surface area contributed by atoms with Gasteiger partial charge in [-0.25, -0.2) is 0 Å². The molecule has 1 aliphatic heterocycles. The van der Waals surface area contributed by atoms with Crippen molar-refractivity contribution in [2.75, 3.05) is 26.2 Å². The van der Waals surface area contributed by atoms with Gasteiger partial charge in [0.15, 0.2) is 0 Å². The van der Waals surface area contributed by atoms with E-state index in [1.807, 2.05) is 36.9 Å². The van der Waals surface area contributed by atoms with Crippen LogP contribution >= 0.6 is 11.6 Å². The number of hydrogen-bond acceptors (Lipinski definition) is 3. The first-order valence-electron chi connectivity index (χ1n) is 8.73. The van der Waals surface area contributed by atoms with Crippen molar-refractivity contribution in [3.05, 3.63) is 63.9 Å². The number of amides is 1. The molecule has 1 saturated heterocycles. The van der Waals surface area contributed by atoms with Gasteiger partial charge in [0.2, 0.25) is 0 Å². The summed E-state index contributed by atoms with van der Waals surface area (Å²) >= 11 is 6.00. The number of aromatic nitrogens is 1. The van der Waals surface area contributed by atoms with E-state index in [9.17, 15) is 4.79 Å². The summed E-state index contributed by atoms with van der Waals surface area (Å²) in [5, 5.41) is 0.668. The fourth-order valence-electron chi connectivity index (χ4n) is 3.29. The van der Waals surface area contributed by atoms with E-state index in [0.717, 1.165) is 61.7 Å². The van der Waals surface area contributed by atoms with Crippen LogP contribution in [-0.4, -0.2) is 46.9 Å². The molecule has 2 aromatic rings. The van der Waals surface area contributed by atoms with Crippen LogP contribution < -0.4 is 0 Å². The molecule has 1 aliphatic rings. The summed E-state index contributed by atoms with van der Waals surface area (Å²) in [6.07, 6.45) is 0.976. The Labute approximate surface area is 154 Å². The zero-order valence-electron chi connectivity index (χ0n) is 14.8. The van der Waals surface area contributed by atoms with Crippen molar-refractivity contribution in [3.8, 4) is 0 Å². The van der Waals surface area contributed by atoms with Crippen LogP contribution in [0.5, 0.6) is 0 Å². The number of aryl methyl sites for hydroxylation is 2. The van der Waals surface area contributed by atoms with Crippen LogP contribution in [0.2, 0.25) is 5.02 Å². The monoisotopic (exact) mass is 357 g/mol. The molecule has 0 aliphatic carbocycles. The first-order chi connectivity index (χ1) is 12.0. The lowest BCUT2D eigenvalue weighted by atomic mass is 10.1. The molecule has 0 N–H and O–H groups in total. The molecule has 5 heteroatoms. The van der Waals surface area contributed by atoms with Crippen LogP contribution in [0.4, 0.5) is 0 Å². The SMILES string of the molecule is Cc1cccc(CN2CCCN(C(=O)c3ccc(Cl)cc3C)CC2)n1. The van der Waals surface area contributed by atoms with E-state index in [1.54, 1.807) is 6.07 Å². The molecule has 1 aromatic carbocycles. The second-order valence-corrected chi connectivity index (χ2v) is 7.09. The van der Waals surface area contributed by atoms with E-state index >= 15 is 0 Å². The van der Waals surface area contributed by atoms with Gasteiger partial charge in [-0.3, -0.25) is 14.7 Å². The molecule has 0 saturated carbocycles. The van der Waals surface area contributed by atoms with Gasteiger partial charge >= 0.3 is 0 Å². The third-order valence-electron chi connectivity index (χ3n) is 4.63. The Morgan fingerprint density at radius 1 is 1.12 bits per heavy atom. The molecular formula is C20H24ClN3O. The number of halogens is 1. The van der Waals surface area contributed by atoms with Crippen LogP contribution in [0.3, 0.4) is 0 Å². The van der Waals surface area contributed by atoms with Crippen molar-refractivity contribution in [2.24, 2.45) is 0 Å². The van der Waals surface area contributed by atoms with Crippen molar-refractivity contribution < 1.29 is 4.79 Å². The van der Waals surface area contributed by atoms with Gasteiger partial charge in [-0.05, 0) is 56.2 Å². The third-order valence-corrected chi connectivity index (χ3v) is 4.86. The summed E-state index contributed by atoms with van der Waals surface area (Å²) < 4.78 is 0. The van der Waals surface area contributed by atoms with Gasteiger partial charge in [0.1, 0.15) is 0 Å². The Kier molecular flexibility index (Phi) is 5.71. The standard InChI is InChI=1S/C20H24ClN3O/c1-15-13-17(21)7-8-19(15)20(25)24-10-4-9-23(11-12-24)14-18-6-3-5-16(2)22-18/h3,5-8,13H,4,9-12,14H2,1-2H3. The molecule has 3 rings (SSSR count). The Bertz CT molecular complexity index is 762. The zero-order chi connectivity index (χ0) is 17.8. The maximum absolute atomic E-state index is 12.8. The summed E-state index contributed by atoms with van der Waals surface area (Å²) in [6.45, 7) is 8.18. The average Bonchev–Trinajstić information content (AvgIpc) is 2.80. The highest BCUT2D eigenvalue weighted by molar-refractivity contribution is 6.30. The minimum atomic E-state index is 0.102. The van der Waals surface area contributed by atoms with Gasteiger partial charge < -0.3 is 4.90 Å². The van der Waals surface area contributed by atoms with Crippen molar-refractivity contribution in [3.63, 3.8) is 0 Å². The van der Waals surface area contributed by atoms with E-state index in [1.165, 1.54) is 0 Å². The maximum atomic E-state index is 12.8. The summed E-state index contributed by atoms with van der Waals surface area (Å²) in [5.74, 6) is 0.102. The second-order valence-electron chi connectivity index (χ2n) is 6.65. The third kappa shape index (κ3) is 4.59. The van der Waals surface area contributed by atoms with Crippen molar-refractivity contribution >= 4 is 17.5 Å². The van der Waals surface area contributed by atoms with Crippen LogP contribution in [0.25, 0.3) is 0 Å². The summed E-state index contributed by atoms with van der Waals surface area (Å²) in [6, 6.07) is 11.6. The van der Waals surface area contributed by atoms with E-state index in [4.69, 9.17) is 11.6 Å². The number of pyridine rings is 1. The van der Waals surface area contributed by atoms with Crippen LogP contribution in [0.15, 0.2) is 36.4 Å². The van der Waals surface area contributed by atoms with E-state index in [0.29, 0.717) is 5.02 Å². The Morgan fingerprint density at radius 2 is 1.96 bits per heavy atom. The quantitative estimate of drug-likeness (QED) is 0.840. The lowest BCUT2D eigenvalue weighted by Crippen LogP contribution is -2.35. The Hall–Kier alpha value is -1.91. The first kappa shape index (κ1) is 17.9. The zero-order valence-corrected chi connectivity index (χ0v) is 15.6. The molecule has 0 unspecified atom stereocenters. The van der Waals surface area contributed by atoms with Gasteiger partial charge in [0, 0.05) is 49.0 Å². The van der Waals surface area contributed by atoms with Gasteiger partial charge in [-0.15, -0.1) is 0 Å². The smallest absolute Gasteiger partial charge is 0.254 e. The molecule has 0 spiro atoms. The number of carbonyl (C=O) groups excluding carboxylic acids is 1. The number of carbonyl (C=O) groups is 1. The minimum absolute atomic E-state index is 0.102. The summed E-state index contributed by atoms with van der Waals surface area (Å²) in [4.78, 5) is 21.8. The minimum Gasteiger partial charge on any atom is -0.337 e. The molecule has 25 heavy (non-hydrogen) atoms. The maximum Gasteiger partial charge on any atom is 0.254 e. The fraction of sp³-hybridized carbons (Fsp3) is 0.400. The molecular weight excluding hydrogens is 334 g/mol. The van der Waals surface area contributed by atoms with Crippen LogP contribution in [0.1, 0.15) is 33.7 Å². The molecule has 2 heterocycles. The van der Waals surface area contributed by atoms with Crippen molar-refractivity contribution in [1.29, 1.82) is 0 Å². The van der Waals surface area contributed by atoms with E-state index in [-0.39, 0.29) is 5.91 Å². The largest absolute Gasteiger partial charge is 0.337 e. The van der Waals surface area contributed by atoms with Crippen molar-refractivity contribution in [2.45, 2.75) is 26.8 Å². The van der Waals surface area contributed by atoms with Gasteiger partial charge in [-0.2, -0.15) is 0 Å². The van der Waals surface area contributed by atoms with Crippen LogP contribution in [0, 0.1) is 13.8 Å². The van der Waals surface area contributed by atoms with Gasteiger partial charge in [0.05, 0.1) is 5.69 Å². The van der Waals surface area contributed by atoms with Crippen LogP contribution in [-0.2, 0) is 6.54 Å². The average molecular weight is 358 g/mol. The van der Waals surface area contributed by atoms with E-state index < -0.39 is 0 Å². The molecule has 4 nitrogen and oxygen atoms in total. The lowest BCUT2D eigenvalue weighted by Gasteiger charge is -2.22. The molecule has 0 radical (unpaired) electrons. The highest BCUT2D eigenvalue weighted by Gasteiger charge is 2.21. The fourth-order valence-corrected chi connectivity index (χ4v) is 3.51. The molecule has 1 amide bonds. The second kappa shape index (κ2) is 7.98. The van der Waals surface area contributed by atoms with Gasteiger partial charge in [0.25, 0.3) is 5.91 Å². The van der Waals surface area contributed by atoms with Crippen molar-refractivity contribution in [1.82, 2.24) is 14.8 Å². The topological polar surface area (TPSA) is 36.4 Å². The lowest BCUT2D eigenvalue weighted by molar-refractivity contribution is 0.0760. The molecule has 132 valence electrons. The Balaban J connectivity index is 1.64. The predicted octanol–water partition coefficient (Wildman–Crippen LogP) is 3.70. The highest BCUT2D eigenvalue weighted by atomic mass is 35.5. The summed E-state index contributed by atoms with van der Waals surface area (Å²) in [7, 11) is 0. The number of hydrogen-bond donors (Lipinski definition) is 0. The normalized spacial score (nSPS) is 15.9. The molecule has 0 atom stereocenters.